The molecular formula is C14H25N3. The molecule has 1 aromatic rings. The van der Waals surface area contributed by atoms with Crippen LogP contribution in [0.4, 0.5) is 5.82 Å². The summed E-state index contributed by atoms with van der Waals surface area (Å²) in [5, 5.41) is 3.35. The van der Waals surface area contributed by atoms with Crippen molar-refractivity contribution in [1.82, 2.24) is 10.3 Å². The summed E-state index contributed by atoms with van der Waals surface area (Å²) in [5.41, 5.74) is 1.31. The van der Waals surface area contributed by atoms with Gasteiger partial charge in [-0.15, -0.1) is 0 Å². The lowest BCUT2D eigenvalue weighted by molar-refractivity contribution is 0.716. The quantitative estimate of drug-likeness (QED) is 0.751. The van der Waals surface area contributed by atoms with Crippen LogP contribution in [-0.2, 0) is 6.54 Å². The fourth-order valence-electron chi connectivity index (χ4n) is 1.89. The Hall–Kier alpha value is -1.09. The fraction of sp³-hybridized carbons (Fsp3) is 0.643. The van der Waals surface area contributed by atoms with Gasteiger partial charge in [-0.3, -0.25) is 0 Å². The second-order valence-corrected chi connectivity index (χ2v) is 4.29. The molecule has 0 aliphatic carbocycles. The van der Waals surface area contributed by atoms with Crippen molar-refractivity contribution in [3.63, 3.8) is 0 Å². The molecule has 3 heteroatoms. The Labute approximate surface area is 105 Å². The number of rotatable bonds is 8. The predicted molar refractivity (Wildman–Crippen MR) is 74.4 cm³/mol. The number of anilines is 1. The molecule has 0 atom stereocenters. The predicted octanol–water partition coefficient (Wildman–Crippen LogP) is 2.82. The monoisotopic (exact) mass is 235 g/mol. The van der Waals surface area contributed by atoms with Crippen LogP contribution in [0.2, 0.25) is 0 Å². The number of hydrogen-bond donors (Lipinski definition) is 1. The molecule has 0 aliphatic heterocycles. The Bertz CT molecular complexity index is 306. The second-order valence-electron chi connectivity index (χ2n) is 4.29. The Morgan fingerprint density at radius 1 is 1.18 bits per heavy atom. The molecule has 1 heterocycles. The summed E-state index contributed by atoms with van der Waals surface area (Å²) in [6, 6.07) is 4.29. The van der Waals surface area contributed by atoms with Crippen molar-refractivity contribution in [2.75, 3.05) is 24.5 Å². The van der Waals surface area contributed by atoms with Crippen LogP contribution >= 0.6 is 0 Å². The molecule has 1 aromatic heterocycles. The van der Waals surface area contributed by atoms with E-state index in [0.717, 1.165) is 32.0 Å². The molecule has 0 amide bonds. The molecule has 0 unspecified atom stereocenters. The SMILES string of the molecule is CCCN(CCC)c1cc(CNCC)ccn1. The number of nitrogens with zero attached hydrogens (tertiary/aromatic N) is 2. The van der Waals surface area contributed by atoms with Crippen LogP contribution in [0.3, 0.4) is 0 Å². The molecule has 1 N–H and O–H groups in total. The second kappa shape index (κ2) is 8.07. The van der Waals surface area contributed by atoms with Crippen LogP contribution in [0.25, 0.3) is 0 Å². The minimum atomic E-state index is 0.929. The highest BCUT2D eigenvalue weighted by Gasteiger charge is 2.06. The van der Waals surface area contributed by atoms with Crippen LogP contribution in [0.15, 0.2) is 18.3 Å². The van der Waals surface area contributed by atoms with Gasteiger partial charge >= 0.3 is 0 Å². The normalized spacial score (nSPS) is 10.5. The molecule has 3 nitrogen and oxygen atoms in total. The molecule has 17 heavy (non-hydrogen) atoms. The zero-order valence-electron chi connectivity index (χ0n) is 11.4. The van der Waals surface area contributed by atoms with Crippen molar-refractivity contribution in [2.24, 2.45) is 0 Å². The van der Waals surface area contributed by atoms with E-state index in [1.54, 1.807) is 0 Å². The lowest BCUT2D eigenvalue weighted by atomic mass is 10.2. The lowest BCUT2D eigenvalue weighted by Crippen LogP contribution is -2.26. The van der Waals surface area contributed by atoms with Gasteiger partial charge in [-0.1, -0.05) is 20.8 Å². The first-order valence-electron chi connectivity index (χ1n) is 6.72. The number of aromatic nitrogens is 1. The van der Waals surface area contributed by atoms with E-state index in [-0.39, 0.29) is 0 Å². The van der Waals surface area contributed by atoms with Gasteiger partial charge in [-0.25, -0.2) is 4.98 Å². The van der Waals surface area contributed by atoms with Gasteiger partial charge in [0.15, 0.2) is 0 Å². The number of hydrogen-bond acceptors (Lipinski definition) is 3. The van der Waals surface area contributed by atoms with Crippen molar-refractivity contribution in [3.8, 4) is 0 Å². The average molecular weight is 235 g/mol. The minimum Gasteiger partial charge on any atom is -0.357 e. The molecule has 0 fully saturated rings. The fourth-order valence-corrected chi connectivity index (χ4v) is 1.89. The molecule has 0 radical (unpaired) electrons. The van der Waals surface area contributed by atoms with Crippen molar-refractivity contribution >= 4 is 5.82 Å². The van der Waals surface area contributed by atoms with E-state index in [4.69, 9.17) is 0 Å². The van der Waals surface area contributed by atoms with Crippen LogP contribution in [0, 0.1) is 0 Å². The Morgan fingerprint density at radius 2 is 1.88 bits per heavy atom. The standard InChI is InChI=1S/C14H25N3/c1-4-9-17(10-5-2)14-11-13(7-8-16-14)12-15-6-3/h7-8,11,15H,4-6,9-10,12H2,1-3H3. The summed E-state index contributed by atoms with van der Waals surface area (Å²) in [6.07, 6.45) is 4.25. The van der Waals surface area contributed by atoms with E-state index >= 15 is 0 Å². The zero-order valence-corrected chi connectivity index (χ0v) is 11.4. The summed E-state index contributed by atoms with van der Waals surface area (Å²) < 4.78 is 0. The molecular weight excluding hydrogens is 210 g/mol. The van der Waals surface area contributed by atoms with Crippen LogP contribution in [0.5, 0.6) is 0 Å². The van der Waals surface area contributed by atoms with Crippen molar-refractivity contribution < 1.29 is 0 Å². The Kier molecular flexibility index (Phi) is 6.63. The van der Waals surface area contributed by atoms with Gasteiger partial charge in [-0.2, -0.15) is 0 Å². The molecule has 1 rings (SSSR count). The average Bonchev–Trinajstić information content (AvgIpc) is 2.36. The molecule has 0 aromatic carbocycles. The van der Waals surface area contributed by atoms with E-state index in [0.29, 0.717) is 0 Å². The molecule has 0 bridgehead atoms. The summed E-state index contributed by atoms with van der Waals surface area (Å²) in [4.78, 5) is 6.85. The Morgan fingerprint density at radius 3 is 2.47 bits per heavy atom. The molecule has 96 valence electrons. The van der Waals surface area contributed by atoms with Gasteiger partial charge in [0.2, 0.25) is 0 Å². The maximum absolute atomic E-state index is 4.48. The van der Waals surface area contributed by atoms with Crippen molar-refractivity contribution in [1.29, 1.82) is 0 Å². The lowest BCUT2D eigenvalue weighted by Gasteiger charge is -2.23. The van der Waals surface area contributed by atoms with E-state index in [1.165, 1.54) is 18.4 Å². The van der Waals surface area contributed by atoms with Gasteiger partial charge in [-0.05, 0) is 37.1 Å². The van der Waals surface area contributed by atoms with Gasteiger partial charge < -0.3 is 10.2 Å². The van der Waals surface area contributed by atoms with E-state index < -0.39 is 0 Å². The third-order valence-electron chi connectivity index (χ3n) is 2.70. The van der Waals surface area contributed by atoms with Gasteiger partial charge in [0, 0.05) is 25.8 Å². The third kappa shape index (κ3) is 4.73. The minimum absolute atomic E-state index is 0.929. The van der Waals surface area contributed by atoms with Crippen LogP contribution in [-0.4, -0.2) is 24.6 Å². The van der Waals surface area contributed by atoms with Gasteiger partial charge in [0.1, 0.15) is 5.82 Å². The van der Waals surface area contributed by atoms with Crippen molar-refractivity contribution in [3.05, 3.63) is 23.9 Å². The Balaban J connectivity index is 2.72. The molecule has 0 spiro atoms. The zero-order chi connectivity index (χ0) is 12.5. The maximum Gasteiger partial charge on any atom is 0.128 e. The number of nitrogens with one attached hydrogen (secondary N) is 1. The van der Waals surface area contributed by atoms with E-state index in [2.05, 4.69) is 48.1 Å². The molecule has 0 saturated carbocycles. The van der Waals surface area contributed by atoms with Crippen molar-refractivity contribution in [2.45, 2.75) is 40.2 Å². The smallest absolute Gasteiger partial charge is 0.128 e. The molecule has 0 saturated heterocycles. The molecule has 0 aliphatic rings. The summed E-state index contributed by atoms with van der Waals surface area (Å²) in [5.74, 6) is 1.11. The van der Waals surface area contributed by atoms with Gasteiger partial charge in [0.25, 0.3) is 0 Å². The van der Waals surface area contributed by atoms with E-state index in [9.17, 15) is 0 Å². The first-order chi connectivity index (χ1) is 8.31. The maximum atomic E-state index is 4.48. The highest BCUT2D eigenvalue weighted by Crippen LogP contribution is 2.13. The highest BCUT2D eigenvalue weighted by molar-refractivity contribution is 5.40. The first kappa shape index (κ1) is 14.0. The summed E-state index contributed by atoms with van der Waals surface area (Å²) in [7, 11) is 0. The number of pyridine rings is 1. The van der Waals surface area contributed by atoms with Crippen LogP contribution < -0.4 is 10.2 Å². The summed E-state index contributed by atoms with van der Waals surface area (Å²) in [6.45, 7) is 10.7. The van der Waals surface area contributed by atoms with Gasteiger partial charge in [0.05, 0.1) is 0 Å². The van der Waals surface area contributed by atoms with E-state index in [1.807, 2.05) is 6.20 Å². The topological polar surface area (TPSA) is 28.2 Å². The third-order valence-corrected chi connectivity index (χ3v) is 2.70. The van der Waals surface area contributed by atoms with Crippen LogP contribution in [0.1, 0.15) is 39.2 Å². The summed E-state index contributed by atoms with van der Waals surface area (Å²) >= 11 is 0. The largest absolute Gasteiger partial charge is 0.357 e. The first-order valence-corrected chi connectivity index (χ1v) is 6.72. The highest BCUT2D eigenvalue weighted by atomic mass is 15.2.